The largest absolute Gasteiger partial charge is 0.382 e. The summed E-state index contributed by atoms with van der Waals surface area (Å²) in [5, 5.41) is 4.54. The van der Waals surface area contributed by atoms with Crippen molar-refractivity contribution in [1.82, 2.24) is 14.6 Å². The third-order valence-corrected chi connectivity index (χ3v) is 7.96. The first kappa shape index (κ1) is 23.7. The summed E-state index contributed by atoms with van der Waals surface area (Å²) in [5.41, 5.74) is 11.2. The van der Waals surface area contributed by atoms with Crippen molar-refractivity contribution in [2.75, 3.05) is 5.73 Å². The summed E-state index contributed by atoms with van der Waals surface area (Å²) in [6, 6.07) is 22.0. The lowest BCUT2D eigenvalue weighted by molar-refractivity contribution is 0.590. The van der Waals surface area contributed by atoms with E-state index in [9.17, 15) is 8.42 Å². The van der Waals surface area contributed by atoms with E-state index in [1.165, 1.54) is 10.2 Å². The SMILES string of the molecule is Cc1ccc(S(=O)(=O)c2c(N)n(N=Cc3ccc(C(C)(C)C)cc3)c3nc4ccccc4nc23)cc1. The Kier molecular flexibility index (Phi) is 5.64. The summed E-state index contributed by atoms with van der Waals surface area (Å²) >= 11 is 0. The zero-order valence-electron chi connectivity index (χ0n) is 20.6. The highest BCUT2D eigenvalue weighted by Gasteiger charge is 2.30. The molecule has 3 aromatic carbocycles. The third kappa shape index (κ3) is 4.13. The second-order valence-corrected chi connectivity index (χ2v) is 11.7. The maximum absolute atomic E-state index is 13.7. The Morgan fingerprint density at radius 3 is 2.11 bits per heavy atom. The van der Waals surface area contributed by atoms with Crippen molar-refractivity contribution in [3.63, 3.8) is 0 Å². The predicted molar refractivity (Wildman–Crippen MR) is 144 cm³/mol. The highest BCUT2D eigenvalue weighted by molar-refractivity contribution is 7.92. The van der Waals surface area contributed by atoms with Crippen LogP contribution in [0.15, 0.2) is 87.7 Å². The predicted octanol–water partition coefficient (Wildman–Crippen LogP) is 5.49. The van der Waals surface area contributed by atoms with E-state index in [-0.39, 0.29) is 32.2 Å². The van der Waals surface area contributed by atoms with Crippen LogP contribution in [-0.4, -0.2) is 29.3 Å². The minimum Gasteiger partial charge on any atom is -0.382 e. The van der Waals surface area contributed by atoms with E-state index in [1.807, 2.05) is 37.3 Å². The van der Waals surface area contributed by atoms with Crippen LogP contribution in [0.1, 0.15) is 37.5 Å². The van der Waals surface area contributed by atoms with Crippen molar-refractivity contribution in [3.05, 3.63) is 89.5 Å². The molecule has 0 unspecified atom stereocenters. The molecule has 0 atom stereocenters. The van der Waals surface area contributed by atoms with Crippen molar-refractivity contribution >= 4 is 44.1 Å². The van der Waals surface area contributed by atoms with Gasteiger partial charge in [0.2, 0.25) is 9.84 Å². The van der Waals surface area contributed by atoms with Crippen molar-refractivity contribution in [1.29, 1.82) is 0 Å². The van der Waals surface area contributed by atoms with Gasteiger partial charge in [0.05, 0.1) is 22.1 Å². The summed E-state index contributed by atoms with van der Waals surface area (Å²) in [7, 11) is -3.99. The van der Waals surface area contributed by atoms with E-state index in [2.05, 4.69) is 48.0 Å². The monoisotopic (exact) mass is 497 g/mol. The van der Waals surface area contributed by atoms with Gasteiger partial charge in [0.25, 0.3) is 0 Å². The second kappa shape index (κ2) is 8.57. The Hall–Kier alpha value is -4.04. The number of benzene rings is 3. The van der Waals surface area contributed by atoms with Crippen LogP contribution in [0.25, 0.3) is 22.2 Å². The molecule has 0 amide bonds. The van der Waals surface area contributed by atoms with Gasteiger partial charge in [-0.05, 0) is 47.7 Å². The molecule has 7 nitrogen and oxygen atoms in total. The van der Waals surface area contributed by atoms with Crippen molar-refractivity contribution in [2.24, 2.45) is 5.10 Å². The first-order valence-corrected chi connectivity index (χ1v) is 13.1. The number of para-hydroxylation sites is 2. The van der Waals surface area contributed by atoms with E-state index in [0.29, 0.717) is 11.0 Å². The second-order valence-electron chi connectivity index (χ2n) is 9.84. The van der Waals surface area contributed by atoms with E-state index >= 15 is 0 Å². The number of aromatic nitrogens is 3. The molecule has 0 bridgehead atoms. The first-order chi connectivity index (χ1) is 17.1. The number of rotatable bonds is 4. The lowest BCUT2D eigenvalue weighted by Crippen LogP contribution is -2.10. The summed E-state index contributed by atoms with van der Waals surface area (Å²) in [5.74, 6) is -0.0385. The third-order valence-electron chi connectivity index (χ3n) is 6.13. The fourth-order valence-corrected chi connectivity index (χ4v) is 5.52. The zero-order valence-corrected chi connectivity index (χ0v) is 21.4. The van der Waals surface area contributed by atoms with Gasteiger partial charge in [0.1, 0.15) is 16.2 Å². The van der Waals surface area contributed by atoms with Gasteiger partial charge in [-0.3, -0.25) is 0 Å². The van der Waals surface area contributed by atoms with Crippen molar-refractivity contribution < 1.29 is 8.42 Å². The highest BCUT2D eigenvalue weighted by Crippen LogP contribution is 2.35. The van der Waals surface area contributed by atoms with E-state index < -0.39 is 9.84 Å². The Morgan fingerprint density at radius 1 is 0.889 bits per heavy atom. The molecular weight excluding hydrogens is 470 g/mol. The summed E-state index contributed by atoms with van der Waals surface area (Å²) in [6.45, 7) is 8.36. The topological polar surface area (TPSA) is 103 Å². The number of fused-ring (bicyclic) bond motifs is 2. The molecule has 2 N–H and O–H groups in total. The van der Waals surface area contributed by atoms with Gasteiger partial charge < -0.3 is 5.73 Å². The fourth-order valence-electron chi connectivity index (χ4n) is 4.03. The molecular formula is C28H27N5O2S. The van der Waals surface area contributed by atoms with Gasteiger partial charge in [-0.25, -0.2) is 18.4 Å². The molecule has 2 heterocycles. The van der Waals surface area contributed by atoms with Crippen LogP contribution in [0.2, 0.25) is 0 Å². The molecule has 0 aliphatic rings. The number of hydrogen-bond acceptors (Lipinski definition) is 6. The number of nitrogens with two attached hydrogens (primary N) is 1. The standard InChI is InChI=1S/C28H27N5O2S/c1-18-9-15-21(16-10-18)36(34,35)25-24-27(32-23-8-6-5-7-22(23)31-24)33(26(25)29)30-17-19-11-13-20(14-12-19)28(2,3)4/h5-17H,29H2,1-4H3. The van der Waals surface area contributed by atoms with Gasteiger partial charge in [-0.15, -0.1) is 0 Å². The smallest absolute Gasteiger partial charge is 0.212 e. The number of aryl methyl sites for hydroxylation is 1. The summed E-state index contributed by atoms with van der Waals surface area (Å²) in [6.07, 6.45) is 1.64. The van der Waals surface area contributed by atoms with E-state index in [4.69, 9.17) is 5.73 Å². The Bertz CT molecular complexity index is 1730. The molecule has 36 heavy (non-hydrogen) atoms. The molecule has 0 spiro atoms. The molecule has 5 aromatic rings. The number of hydrogen-bond donors (Lipinski definition) is 1. The number of sulfone groups is 1. The molecule has 0 aliphatic carbocycles. The quantitative estimate of drug-likeness (QED) is 0.331. The van der Waals surface area contributed by atoms with Crippen molar-refractivity contribution in [3.8, 4) is 0 Å². The maximum atomic E-state index is 13.7. The average molecular weight is 498 g/mol. The van der Waals surface area contributed by atoms with Gasteiger partial charge in [-0.1, -0.05) is 74.9 Å². The van der Waals surface area contributed by atoms with Crippen LogP contribution < -0.4 is 5.73 Å². The average Bonchev–Trinajstić information content (AvgIpc) is 3.11. The Morgan fingerprint density at radius 2 is 1.50 bits per heavy atom. The molecule has 0 aliphatic heterocycles. The molecule has 0 radical (unpaired) electrons. The van der Waals surface area contributed by atoms with Gasteiger partial charge in [0.15, 0.2) is 5.65 Å². The molecule has 5 rings (SSSR count). The van der Waals surface area contributed by atoms with Crippen LogP contribution in [0, 0.1) is 6.92 Å². The summed E-state index contributed by atoms with van der Waals surface area (Å²) in [4.78, 5) is 9.36. The van der Waals surface area contributed by atoms with Gasteiger partial charge in [-0.2, -0.15) is 9.78 Å². The molecule has 182 valence electrons. The van der Waals surface area contributed by atoms with Crippen LogP contribution >= 0.6 is 0 Å². The minimum absolute atomic E-state index is 0.0343. The number of anilines is 1. The lowest BCUT2D eigenvalue weighted by Gasteiger charge is -2.18. The molecule has 8 heteroatoms. The number of nitrogen functional groups attached to an aromatic ring is 1. The normalized spacial score (nSPS) is 12.7. The highest BCUT2D eigenvalue weighted by atomic mass is 32.2. The molecule has 0 saturated carbocycles. The van der Waals surface area contributed by atoms with Crippen LogP contribution in [-0.2, 0) is 15.3 Å². The Balaban J connectivity index is 1.71. The zero-order chi connectivity index (χ0) is 25.7. The van der Waals surface area contributed by atoms with Gasteiger partial charge >= 0.3 is 0 Å². The van der Waals surface area contributed by atoms with Crippen LogP contribution in [0.5, 0.6) is 0 Å². The van der Waals surface area contributed by atoms with Gasteiger partial charge in [0, 0.05) is 0 Å². The van der Waals surface area contributed by atoms with Crippen LogP contribution in [0.3, 0.4) is 0 Å². The number of nitrogens with zero attached hydrogens (tertiary/aromatic N) is 4. The molecule has 0 saturated heterocycles. The fraction of sp³-hybridized carbons (Fsp3) is 0.179. The Labute approximate surface area is 210 Å². The van der Waals surface area contributed by atoms with Crippen molar-refractivity contribution in [2.45, 2.75) is 42.9 Å². The maximum Gasteiger partial charge on any atom is 0.212 e. The van der Waals surface area contributed by atoms with E-state index in [1.54, 1.807) is 36.5 Å². The van der Waals surface area contributed by atoms with E-state index in [0.717, 1.165) is 11.1 Å². The van der Waals surface area contributed by atoms with Crippen LogP contribution in [0.4, 0.5) is 5.82 Å². The summed E-state index contributed by atoms with van der Waals surface area (Å²) < 4.78 is 28.8. The first-order valence-electron chi connectivity index (χ1n) is 11.6. The lowest BCUT2D eigenvalue weighted by atomic mass is 9.87. The minimum atomic E-state index is -3.99. The molecule has 0 fully saturated rings. The molecule has 2 aromatic heterocycles.